The van der Waals surface area contributed by atoms with Crippen LogP contribution in [0.1, 0.15) is 12.0 Å². The summed E-state index contributed by atoms with van der Waals surface area (Å²) in [6, 6.07) is 14.7. The van der Waals surface area contributed by atoms with Gasteiger partial charge in [-0.1, -0.05) is 42.5 Å². The topological polar surface area (TPSA) is 44.7 Å². The summed E-state index contributed by atoms with van der Waals surface area (Å²) in [5.41, 5.74) is 4.18. The molecule has 5 rings (SSSR count). The molecule has 1 N–H and O–H groups in total. The lowest BCUT2D eigenvalue weighted by Crippen LogP contribution is -2.31. The Morgan fingerprint density at radius 3 is 2.88 bits per heavy atom. The molecule has 0 atom stereocenters. The van der Waals surface area contributed by atoms with E-state index in [2.05, 4.69) is 52.7 Å². The van der Waals surface area contributed by atoms with Crippen molar-refractivity contribution in [2.75, 3.05) is 6.54 Å². The molecule has 116 valence electrons. The smallest absolute Gasteiger partial charge is 0.248 e. The molecule has 0 aromatic heterocycles. The maximum Gasteiger partial charge on any atom is 0.248 e. The van der Waals surface area contributed by atoms with Crippen molar-refractivity contribution >= 4 is 22.5 Å². The van der Waals surface area contributed by atoms with Gasteiger partial charge in [0.05, 0.1) is 5.70 Å². The second kappa shape index (κ2) is 4.93. The molecule has 0 aliphatic carbocycles. The second-order valence-electron chi connectivity index (χ2n) is 6.12. The van der Waals surface area contributed by atoms with Crippen molar-refractivity contribution < 1.29 is 4.79 Å². The molecule has 0 saturated heterocycles. The fourth-order valence-electron chi connectivity index (χ4n) is 3.65. The fourth-order valence-corrected chi connectivity index (χ4v) is 3.65. The van der Waals surface area contributed by atoms with Crippen LogP contribution >= 0.6 is 0 Å². The van der Waals surface area contributed by atoms with E-state index in [0.29, 0.717) is 0 Å². The Morgan fingerprint density at radius 1 is 1.04 bits per heavy atom. The van der Waals surface area contributed by atoms with Crippen molar-refractivity contribution in [1.82, 2.24) is 10.2 Å². The lowest BCUT2D eigenvalue weighted by atomic mass is 10.0. The molecule has 4 heteroatoms. The molecule has 0 bridgehead atoms. The Balaban J connectivity index is 1.71. The molecule has 2 aromatic carbocycles. The molecule has 3 aliphatic rings. The van der Waals surface area contributed by atoms with Gasteiger partial charge < -0.3 is 10.2 Å². The van der Waals surface area contributed by atoms with Crippen LogP contribution < -0.4 is 5.32 Å². The summed E-state index contributed by atoms with van der Waals surface area (Å²) < 4.78 is 0. The number of allylic oxidation sites excluding steroid dienone is 1. The van der Waals surface area contributed by atoms with E-state index in [1.807, 2.05) is 12.3 Å². The lowest BCUT2D eigenvalue weighted by Gasteiger charge is -2.28. The molecule has 1 amide bonds. The van der Waals surface area contributed by atoms with E-state index < -0.39 is 0 Å². The van der Waals surface area contributed by atoms with Gasteiger partial charge in [-0.2, -0.15) is 0 Å². The van der Waals surface area contributed by atoms with E-state index in [1.165, 1.54) is 10.8 Å². The van der Waals surface area contributed by atoms with Crippen LogP contribution in [0.2, 0.25) is 0 Å². The molecule has 0 fully saturated rings. The normalized spacial score (nSPS) is 19.0. The first-order valence-corrected chi connectivity index (χ1v) is 8.07. The number of carbonyl (C=O) groups excluding carboxylic acids is 1. The first kappa shape index (κ1) is 13.3. The summed E-state index contributed by atoms with van der Waals surface area (Å²) in [6.45, 7) is 0.832. The van der Waals surface area contributed by atoms with Crippen molar-refractivity contribution in [2.24, 2.45) is 4.99 Å². The van der Waals surface area contributed by atoms with E-state index in [4.69, 9.17) is 4.99 Å². The van der Waals surface area contributed by atoms with E-state index in [0.717, 1.165) is 41.3 Å². The SMILES string of the molecule is O=C1C=CC2=CN=C(c3cccc4ccccc34)N3CCC(=C23)N1. The molecule has 0 spiro atoms. The molecule has 0 unspecified atom stereocenters. The van der Waals surface area contributed by atoms with Crippen molar-refractivity contribution in [2.45, 2.75) is 6.42 Å². The van der Waals surface area contributed by atoms with E-state index in [-0.39, 0.29) is 5.91 Å². The zero-order chi connectivity index (χ0) is 16.1. The van der Waals surface area contributed by atoms with Gasteiger partial charge in [-0.25, -0.2) is 4.99 Å². The fraction of sp³-hybridized carbons (Fsp3) is 0.100. The molecular formula is C20H15N3O. The number of hydrogen-bond donors (Lipinski definition) is 1. The van der Waals surface area contributed by atoms with Gasteiger partial charge in [0.1, 0.15) is 5.84 Å². The molecule has 24 heavy (non-hydrogen) atoms. The van der Waals surface area contributed by atoms with Crippen LogP contribution in [-0.2, 0) is 4.79 Å². The standard InChI is InChI=1S/C20H15N3O/c24-18-9-8-14-12-21-20(23-11-10-17(22-18)19(14)23)16-7-3-5-13-4-1-2-6-15(13)16/h1-9,12H,10-11H2,(H,22,24). The minimum Gasteiger partial charge on any atom is -0.324 e. The molecular weight excluding hydrogens is 298 g/mol. The Hall–Kier alpha value is -3.14. The number of rotatable bonds is 1. The third-order valence-corrected chi connectivity index (χ3v) is 4.72. The number of amidine groups is 1. The molecule has 3 heterocycles. The highest BCUT2D eigenvalue weighted by Crippen LogP contribution is 2.35. The van der Waals surface area contributed by atoms with Gasteiger partial charge in [-0.3, -0.25) is 4.79 Å². The molecule has 4 nitrogen and oxygen atoms in total. The van der Waals surface area contributed by atoms with Crippen molar-refractivity contribution in [3.63, 3.8) is 0 Å². The maximum absolute atomic E-state index is 11.8. The third-order valence-electron chi connectivity index (χ3n) is 4.72. The first-order valence-electron chi connectivity index (χ1n) is 8.07. The van der Waals surface area contributed by atoms with E-state index in [1.54, 1.807) is 6.08 Å². The number of nitrogens with one attached hydrogen (secondary N) is 1. The zero-order valence-corrected chi connectivity index (χ0v) is 13.0. The number of amides is 1. The van der Waals surface area contributed by atoms with Gasteiger partial charge in [0, 0.05) is 42.1 Å². The third kappa shape index (κ3) is 1.86. The average molecular weight is 313 g/mol. The van der Waals surface area contributed by atoms with Crippen LogP contribution in [0.15, 0.2) is 82.8 Å². The summed E-state index contributed by atoms with van der Waals surface area (Å²) in [4.78, 5) is 18.8. The monoisotopic (exact) mass is 313 g/mol. The number of fused-ring (bicyclic) bond motifs is 1. The van der Waals surface area contributed by atoms with Gasteiger partial charge in [0.25, 0.3) is 0 Å². The predicted octanol–water partition coefficient (Wildman–Crippen LogP) is 3.09. The van der Waals surface area contributed by atoms with Crippen LogP contribution in [-0.4, -0.2) is 23.2 Å². The van der Waals surface area contributed by atoms with Gasteiger partial charge >= 0.3 is 0 Å². The number of nitrogens with zero attached hydrogens (tertiary/aromatic N) is 2. The van der Waals surface area contributed by atoms with Crippen molar-refractivity contribution in [3.8, 4) is 0 Å². The van der Waals surface area contributed by atoms with Crippen molar-refractivity contribution in [1.29, 1.82) is 0 Å². The van der Waals surface area contributed by atoms with Crippen LogP contribution in [0.3, 0.4) is 0 Å². The number of hydrogen-bond acceptors (Lipinski definition) is 3. The van der Waals surface area contributed by atoms with Crippen LogP contribution in [0.5, 0.6) is 0 Å². The maximum atomic E-state index is 11.8. The lowest BCUT2D eigenvalue weighted by molar-refractivity contribution is -0.115. The highest BCUT2D eigenvalue weighted by molar-refractivity contribution is 6.11. The van der Waals surface area contributed by atoms with E-state index in [9.17, 15) is 4.79 Å². The van der Waals surface area contributed by atoms with E-state index >= 15 is 0 Å². The van der Waals surface area contributed by atoms with Gasteiger partial charge in [0.2, 0.25) is 5.91 Å². The largest absolute Gasteiger partial charge is 0.324 e. The minimum absolute atomic E-state index is 0.0682. The Bertz CT molecular complexity index is 1010. The summed E-state index contributed by atoms with van der Waals surface area (Å²) in [7, 11) is 0. The summed E-state index contributed by atoms with van der Waals surface area (Å²) in [5, 5.41) is 5.39. The molecule has 3 aliphatic heterocycles. The summed E-state index contributed by atoms with van der Waals surface area (Å²) in [5.74, 6) is 0.881. The van der Waals surface area contributed by atoms with Gasteiger partial charge in [-0.15, -0.1) is 0 Å². The van der Waals surface area contributed by atoms with Gasteiger partial charge in [0.15, 0.2) is 0 Å². The summed E-state index contributed by atoms with van der Waals surface area (Å²) in [6.07, 6.45) is 6.11. The number of carbonyl (C=O) groups is 1. The zero-order valence-electron chi connectivity index (χ0n) is 13.0. The van der Waals surface area contributed by atoms with Crippen LogP contribution in [0.4, 0.5) is 0 Å². The highest BCUT2D eigenvalue weighted by atomic mass is 16.1. The van der Waals surface area contributed by atoms with Crippen molar-refractivity contribution in [3.05, 3.63) is 83.3 Å². The number of aliphatic imine (C=N–C) groups is 1. The molecule has 0 saturated carbocycles. The molecule has 2 aromatic rings. The van der Waals surface area contributed by atoms with Crippen LogP contribution in [0, 0.1) is 0 Å². The Morgan fingerprint density at radius 2 is 1.92 bits per heavy atom. The first-order chi connectivity index (χ1) is 11.8. The Kier molecular flexibility index (Phi) is 2.73. The van der Waals surface area contributed by atoms with Gasteiger partial charge in [-0.05, 0) is 16.8 Å². The minimum atomic E-state index is -0.0682. The highest BCUT2D eigenvalue weighted by Gasteiger charge is 2.33. The number of benzene rings is 2. The average Bonchev–Trinajstić information content (AvgIpc) is 2.95. The quantitative estimate of drug-likeness (QED) is 0.879. The Labute approximate surface area is 139 Å². The summed E-state index contributed by atoms with van der Waals surface area (Å²) >= 11 is 0. The predicted molar refractivity (Wildman–Crippen MR) is 94.2 cm³/mol. The second-order valence-corrected chi connectivity index (χ2v) is 6.12. The molecule has 0 radical (unpaired) electrons. The van der Waals surface area contributed by atoms with Crippen LogP contribution in [0.25, 0.3) is 10.8 Å².